The zero-order chi connectivity index (χ0) is 16.3. The standard InChI is InChI=1S/C16H14FN7/c1-24-12-5-10(7-18-14(12)13(23-24)8-2-3-8)20-16-11-4-9(17)6-19-15(11)21-22-16/h4-8H,2-3H2,1H3,(H2,19,20,21,22). The van der Waals surface area contributed by atoms with E-state index in [1.165, 1.54) is 18.9 Å². The molecular formula is C16H14FN7. The molecule has 0 aromatic carbocycles. The third kappa shape index (κ3) is 2.03. The second kappa shape index (κ2) is 4.73. The van der Waals surface area contributed by atoms with Crippen molar-refractivity contribution < 1.29 is 4.39 Å². The largest absolute Gasteiger partial charge is 0.339 e. The van der Waals surface area contributed by atoms with Gasteiger partial charge in [-0.15, -0.1) is 0 Å². The van der Waals surface area contributed by atoms with Crippen LogP contribution < -0.4 is 5.32 Å². The summed E-state index contributed by atoms with van der Waals surface area (Å²) < 4.78 is 15.3. The molecule has 4 heterocycles. The van der Waals surface area contributed by atoms with Crippen LogP contribution in [0, 0.1) is 5.82 Å². The molecule has 4 aromatic rings. The van der Waals surface area contributed by atoms with Crippen LogP contribution in [0.5, 0.6) is 0 Å². The molecule has 1 aliphatic carbocycles. The van der Waals surface area contributed by atoms with Crippen LogP contribution in [0.4, 0.5) is 15.9 Å². The first-order chi connectivity index (χ1) is 11.7. The van der Waals surface area contributed by atoms with Gasteiger partial charge in [0, 0.05) is 13.0 Å². The molecule has 4 aromatic heterocycles. The number of H-pyrrole nitrogens is 1. The number of rotatable bonds is 3. The molecule has 0 aliphatic heterocycles. The maximum Gasteiger partial charge on any atom is 0.183 e. The summed E-state index contributed by atoms with van der Waals surface area (Å²) in [5.41, 5.74) is 4.24. The molecule has 0 saturated heterocycles. The van der Waals surface area contributed by atoms with E-state index >= 15 is 0 Å². The van der Waals surface area contributed by atoms with Crippen molar-refractivity contribution in [2.24, 2.45) is 7.05 Å². The smallest absolute Gasteiger partial charge is 0.183 e. The van der Waals surface area contributed by atoms with Crippen molar-refractivity contribution in [1.29, 1.82) is 0 Å². The lowest BCUT2D eigenvalue weighted by atomic mass is 10.2. The Morgan fingerprint density at radius 1 is 1.25 bits per heavy atom. The molecule has 24 heavy (non-hydrogen) atoms. The van der Waals surface area contributed by atoms with E-state index in [4.69, 9.17) is 0 Å². The summed E-state index contributed by atoms with van der Waals surface area (Å²) in [5.74, 6) is 0.731. The predicted octanol–water partition coefficient (Wildman–Crippen LogP) is 3.00. The number of halogens is 1. The van der Waals surface area contributed by atoms with Crippen LogP contribution in [0.15, 0.2) is 24.5 Å². The number of aromatic amines is 1. The van der Waals surface area contributed by atoms with Crippen molar-refractivity contribution in [1.82, 2.24) is 29.9 Å². The van der Waals surface area contributed by atoms with Crippen LogP contribution in [-0.2, 0) is 7.05 Å². The lowest BCUT2D eigenvalue weighted by Crippen LogP contribution is -1.94. The van der Waals surface area contributed by atoms with Gasteiger partial charge in [-0.3, -0.25) is 14.8 Å². The minimum absolute atomic E-state index is 0.402. The van der Waals surface area contributed by atoms with Gasteiger partial charge in [-0.05, 0) is 25.0 Å². The highest BCUT2D eigenvalue weighted by atomic mass is 19.1. The minimum Gasteiger partial charge on any atom is -0.339 e. The summed E-state index contributed by atoms with van der Waals surface area (Å²) in [6.45, 7) is 0. The monoisotopic (exact) mass is 323 g/mol. The summed E-state index contributed by atoms with van der Waals surface area (Å²) in [6, 6.07) is 3.38. The highest BCUT2D eigenvalue weighted by Crippen LogP contribution is 2.42. The number of nitrogens with zero attached hydrogens (tertiary/aromatic N) is 5. The average molecular weight is 323 g/mol. The molecule has 1 saturated carbocycles. The molecule has 5 rings (SSSR count). The summed E-state index contributed by atoms with van der Waals surface area (Å²) in [4.78, 5) is 8.52. The number of anilines is 2. The SMILES string of the molecule is Cn1nc(C2CC2)c2ncc(Nc3[nH]nc4ncc(F)cc34)cc21. The Balaban J connectivity index is 1.56. The van der Waals surface area contributed by atoms with E-state index in [1.807, 2.05) is 17.8 Å². The Kier molecular flexibility index (Phi) is 2.64. The summed E-state index contributed by atoms with van der Waals surface area (Å²) in [6.07, 6.45) is 5.28. The Morgan fingerprint density at radius 3 is 2.96 bits per heavy atom. The maximum absolute atomic E-state index is 13.4. The highest BCUT2D eigenvalue weighted by molar-refractivity contribution is 5.90. The van der Waals surface area contributed by atoms with E-state index in [1.54, 1.807) is 6.20 Å². The van der Waals surface area contributed by atoms with E-state index in [0.717, 1.165) is 28.6 Å². The summed E-state index contributed by atoms with van der Waals surface area (Å²) >= 11 is 0. The number of hydrogen-bond donors (Lipinski definition) is 2. The third-order valence-electron chi connectivity index (χ3n) is 4.33. The first-order valence-corrected chi connectivity index (χ1v) is 7.78. The van der Waals surface area contributed by atoms with Gasteiger partial charge < -0.3 is 5.32 Å². The number of pyridine rings is 2. The van der Waals surface area contributed by atoms with E-state index in [-0.39, 0.29) is 0 Å². The first kappa shape index (κ1) is 13.4. The number of fused-ring (bicyclic) bond motifs is 2. The van der Waals surface area contributed by atoms with Gasteiger partial charge in [0.1, 0.15) is 17.2 Å². The fourth-order valence-electron chi connectivity index (χ4n) is 2.97. The summed E-state index contributed by atoms with van der Waals surface area (Å²) in [5, 5.41) is 15.3. The van der Waals surface area contributed by atoms with Gasteiger partial charge in [0.15, 0.2) is 5.65 Å². The van der Waals surface area contributed by atoms with E-state index in [9.17, 15) is 4.39 Å². The zero-order valence-electron chi connectivity index (χ0n) is 12.9. The van der Waals surface area contributed by atoms with Crippen molar-refractivity contribution >= 4 is 33.6 Å². The van der Waals surface area contributed by atoms with Crippen LogP contribution in [0.25, 0.3) is 22.1 Å². The minimum atomic E-state index is -0.402. The normalized spacial score (nSPS) is 14.6. The Hall–Kier alpha value is -3.03. The van der Waals surface area contributed by atoms with Crippen LogP contribution in [0.2, 0.25) is 0 Å². The van der Waals surface area contributed by atoms with Crippen molar-refractivity contribution in [3.05, 3.63) is 36.0 Å². The second-order valence-corrected chi connectivity index (χ2v) is 6.12. The van der Waals surface area contributed by atoms with Crippen molar-refractivity contribution in [2.75, 3.05) is 5.32 Å². The molecule has 0 bridgehead atoms. The Bertz CT molecular complexity index is 1080. The average Bonchev–Trinajstić information content (AvgIpc) is 3.28. The van der Waals surface area contributed by atoms with Gasteiger partial charge in [-0.25, -0.2) is 9.37 Å². The molecule has 0 spiro atoms. The molecule has 0 unspecified atom stereocenters. The van der Waals surface area contributed by atoms with Crippen LogP contribution >= 0.6 is 0 Å². The number of nitrogens with one attached hydrogen (secondary N) is 2. The Labute approximate surface area is 135 Å². The molecular weight excluding hydrogens is 309 g/mol. The molecule has 120 valence electrons. The van der Waals surface area contributed by atoms with Gasteiger partial charge >= 0.3 is 0 Å². The van der Waals surface area contributed by atoms with Gasteiger partial charge in [0.05, 0.1) is 34.7 Å². The molecule has 0 atom stereocenters. The van der Waals surface area contributed by atoms with E-state index in [2.05, 4.69) is 30.6 Å². The van der Waals surface area contributed by atoms with Crippen molar-refractivity contribution in [2.45, 2.75) is 18.8 Å². The van der Waals surface area contributed by atoms with Crippen LogP contribution in [-0.4, -0.2) is 29.9 Å². The molecule has 1 fully saturated rings. The van der Waals surface area contributed by atoms with Gasteiger partial charge in [-0.1, -0.05) is 0 Å². The second-order valence-electron chi connectivity index (χ2n) is 6.12. The molecule has 2 N–H and O–H groups in total. The van der Waals surface area contributed by atoms with Gasteiger partial charge in [-0.2, -0.15) is 10.2 Å². The number of aromatic nitrogens is 6. The molecule has 1 aliphatic rings. The third-order valence-corrected chi connectivity index (χ3v) is 4.33. The van der Waals surface area contributed by atoms with E-state index in [0.29, 0.717) is 22.8 Å². The van der Waals surface area contributed by atoms with Gasteiger partial charge in [0.25, 0.3) is 0 Å². The maximum atomic E-state index is 13.4. The van der Waals surface area contributed by atoms with Crippen LogP contribution in [0.3, 0.4) is 0 Å². The molecule has 7 nitrogen and oxygen atoms in total. The highest BCUT2D eigenvalue weighted by Gasteiger charge is 2.29. The predicted molar refractivity (Wildman–Crippen MR) is 87.6 cm³/mol. The first-order valence-electron chi connectivity index (χ1n) is 7.78. The Morgan fingerprint density at radius 2 is 2.12 bits per heavy atom. The topological polar surface area (TPSA) is 84.3 Å². The lowest BCUT2D eigenvalue weighted by Gasteiger charge is -2.04. The van der Waals surface area contributed by atoms with Crippen molar-refractivity contribution in [3.8, 4) is 0 Å². The molecule has 8 heteroatoms. The number of hydrogen-bond acceptors (Lipinski definition) is 5. The van der Waals surface area contributed by atoms with Crippen LogP contribution in [0.1, 0.15) is 24.5 Å². The fourth-order valence-corrected chi connectivity index (χ4v) is 2.97. The molecule has 0 radical (unpaired) electrons. The zero-order valence-corrected chi connectivity index (χ0v) is 12.9. The van der Waals surface area contributed by atoms with Gasteiger partial charge in [0.2, 0.25) is 0 Å². The lowest BCUT2D eigenvalue weighted by molar-refractivity contribution is 0.624. The van der Waals surface area contributed by atoms with E-state index < -0.39 is 5.82 Å². The number of aryl methyl sites for hydroxylation is 1. The summed E-state index contributed by atoms with van der Waals surface area (Å²) in [7, 11) is 1.92. The molecule has 0 amide bonds. The quantitative estimate of drug-likeness (QED) is 0.605. The fraction of sp³-hybridized carbons (Fsp3) is 0.250. The van der Waals surface area contributed by atoms with Crippen molar-refractivity contribution in [3.63, 3.8) is 0 Å².